The second kappa shape index (κ2) is 7.74. The molecule has 2 N–H and O–H groups in total. The molecule has 4 rings (SSSR count). The van der Waals surface area contributed by atoms with E-state index < -0.39 is 29.8 Å². The molecular weight excluding hydrogens is 394 g/mol. The highest BCUT2D eigenvalue weighted by Gasteiger charge is 2.16. The fraction of sp³-hybridized carbons (Fsp3) is 0.100. The molecule has 2 aromatic carbocycles. The van der Waals surface area contributed by atoms with Crippen LogP contribution in [-0.4, -0.2) is 25.1 Å². The van der Waals surface area contributed by atoms with Crippen molar-refractivity contribution in [2.75, 3.05) is 10.6 Å². The minimum Gasteiger partial charge on any atom is -0.325 e. The van der Waals surface area contributed by atoms with Crippen molar-refractivity contribution in [3.8, 4) is 0 Å². The van der Waals surface area contributed by atoms with Crippen molar-refractivity contribution >= 4 is 28.9 Å². The van der Waals surface area contributed by atoms with Gasteiger partial charge in [0.25, 0.3) is 0 Å². The normalized spacial score (nSPS) is 10.9. The number of hydrogen-bond donors (Lipinski definition) is 2. The number of para-hydroxylation sites is 1. The summed E-state index contributed by atoms with van der Waals surface area (Å²) in [6.07, 6.45) is 0. The van der Waals surface area contributed by atoms with Crippen molar-refractivity contribution in [1.29, 1.82) is 0 Å². The van der Waals surface area contributed by atoms with Crippen LogP contribution in [0.4, 0.5) is 26.1 Å². The molecule has 2 aromatic heterocycles. The maximum Gasteiger partial charge on any atom is 0.353 e. The summed E-state index contributed by atoms with van der Waals surface area (Å²) in [6.45, 7) is 1.31. The molecule has 0 fully saturated rings. The lowest BCUT2D eigenvalue weighted by Gasteiger charge is -2.07. The fourth-order valence-corrected chi connectivity index (χ4v) is 2.89. The topological polar surface area (TPSA) is 93.3 Å². The minimum atomic E-state index is -0.608. The van der Waals surface area contributed by atoms with E-state index in [4.69, 9.17) is 0 Å². The van der Waals surface area contributed by atoms with Crippen LogP contribution in [0, 0.1) is 18.6 Å². The SMILES string of the molecule is Cc1cc2nn(CC(=O)Nc3ccccc3F)c(=O)n2c(Nc2ccc(F)cc2)n1. The van der Waals surface area contributed by atoms with Gasteiger partial charge in [0.15, 0.2) is 5.65 Å². The van der Waals surface area contributed by atoms with Crippen molar-refractivity contribution in [2.24, 2.45) is 0 Å². The van der Waals surface area contributed by atoms with Gasteiger partial charge in [-0.15, -0.1) is 5.10 Å². The van der Waals surface area contributed by atoms with Crippen LogP contribution < -0.4 is 16.3 Å². The summed E-state index contributed by atoms with van der Waals surface area (Å²) in [5, 5.41) is 9.53. The molecule has 0 aliphatic heterocycles. The molecule has 0 radical (unpaired) electrons. The molecule has 152 valence electrons. The number of amides is 1. The standard InChI is InChI=1S/C20H16F2N6O2/c1-12-10-17-26-27(11-18(29)25-16-5-3-2-4-15(16)22)20(30)28(17)19(23-12)24-14-8-6-13(21)7-9-14/h2-10H,11H2,1H3,(H,23,24)(H,25,29). The van der Waals surface area contributed by atoms with Crippen LogP contribution in [0.2, 0.25) is 0 Å². The van der Waals surface area contributed by atoms with E-state index in [-0.39, 0.29) is 17.3 Å². The number of halogens is 2. The average Bonchev–Trinajstić information content (AvgIpc) is 3.00. The molecule has 30 heavy (non-hydrogen) atoms. The van der Waals surface area contributed by atoms with Gasteiger partial charge in [-0.2, -0.15) is 0 Å². The summed E-state index contributed by atoms with van der Waals surface area (Å²) in [7, 11) is 0. The van der Waals surface area contributed by atoms with E-state index in [9.17, 15) is 18.4 Å². The molecule has 0 atom stereocenters. The highest BCUT2D eigenvalue weighted by Crippen LogP contribution is 2.16. The molecule has 4 aromatic rings. The Morgan fingerprint density at radius 2 is 1.83 bits per heavy atom. The Hall–Kier alpha value is -4.08. The smallest absolute Gasteiger partial charge is 0.325 e. The van der Waals surface area contributed by atoms with Gasteiger partial charge in [-0.25, -0.2) is 27.6 Å². The van der Waals surface area contributed by atoms with E-state index in [1.165, 1.54) is 46.9 Å². The molecular formula is C20H16F2N6O2. The summed E-state index contributed by atoms with van der Waals surface area (Å²) in [6, 6.07) is 12.9. The zero-order chi connectivity index (χ0) is 21.3. The van der Waals surface area contributed by atoms with Crippen LogP contribution in [0.3, 0.4) is 0 Å². The van der Waals surface area contributed by atoms with Crippen molar-refractivity contribution in [3.63, 3.8) is 0 Å². The van der Waals surface area contributed by atoms with Crippen LogP contribution in [0.1, 0.15) is 5.69 Å². The number of nitrogens with one attached hydrogen (secondary N) is 2. The molecule has 0 aliphatic carbocycles. The summed E-state index contributed by atoms with van der Waals surface area (Å²) >= 11 is 0. The van der Waals surface area contributed by atoms with E-state index >= 15 is 0 Å². The Morgan fingerprint density at radius 1 is 1.10 bits per heavy atom. The minimum absolute atomic E-state index is 0.00971. The number of rotatable bonds is 5. The van der Waals surface area contributed by atoms with E-state index in [1.54, 1.807) is 19.1 Å². The quantitative estimate of drug-likeness (QED) is 0.528. The molecule has 0 saturated heterocycles. The fourth-order valence-electron chi connectivity index (χ4n) is 2.89. The summed E-state index contributed by atoms with van der Waals surface area (Å²) in [5.41, 5.74) is 0.782. The Labute approximate surface area is 168 Å². The zero-order valence-electron chi connectivity index (χ0n) is 15.8. The van der Waals surface area contributed by atoms with Crippen LogP contribution in [0.25, 0.3) is 5.65 Å². The first-order valence-electron chi connectivity index (χ1n) is 8.95. The van der Waals surface area contributed by atoms with Gasteiger partial charge in [0.1, 0.15) is 18.2 Å². The first-order valence-corrected chi connectivity index (χ1v) is 8.95. The van der Waals surface area contributed by atoms with Gasteiger partial charge in [-0.1, -0.05) is 12.1 Å². The number of carbonyl (C=O) groups is 1. The van der Waals surface area contributed by atoms with E-state index in [0.717, 1.165) is 4.68 Å². The zero-order valence-corrected chi connectivity index (χ0v) is 15.8. The molecule has 0 aliphatic rings. The van der Waals surface area contributed by atoms with E-state index in [2.05, 4.69) is 20.7 Å². The van der Waals surface area contributed by atoms with Gasteiger partial charge >= 0.3 is 5.69 Å². The lowest BCUT2D eigenvalue weighted by molar-refractivity contribution is -0.117. The van der Waals surface area contributed by atoms with Crippen molar-refractivity contribution in [2.45, 2.75) is 13.5 Å². The second-order valence-electron chi connectivity index (χ2n) is 6.51. The third-order valence-electron chi connectivity index (χ3n) is 4.24. The summed E-state index contributed by atoms with van der Waals surface area (Å²) < 4.78 is 29.0. The predicted octanol–water partition coefficient (Wildman–Crippen LogP) is 2.86. The lowest BCUT2D eigenvalue weighted by atomic mass is 10.3. The van der Waals surface area contributed by atoms with Gasteiger partial charge in [-0.05, 0) is 43.3 Å². The van der Waals surface area contributed by atoms with Crippen molar-refractivity contribution in [3.05, 3.63) is 82.4 Å². The van der Waals surface area contributed by atoms with E-state index in [1.807, 2.05) is 0 Å². The Kier molecular flexibility index (Phi) is 4.97. The van der Waals surface area contributed by atoms with Crippen molar-refractivity contribution < 1.29 is 13.6 Å². The molecule has 0 spiro atoms. The number of benzene rings is 2. The largest absolute Gasteiger partial charge is 0.353 e. The highest BCUT2D eigenvalue weighted by molar-refractivity contribution is 5.90. The third-order valence-corrected chi connectivity index (χ3v) is 4.24. The molecule has 2 heterocycles. The lowest BCUT2D eigenvalue weighted by Crippen LogP contribution is -2.29. The number of aryl methyl sites for hydroxylation is 1. The molecule has 1 amide bonds. The summed E-state index contributed by atoms with van der Waals surface area (Å²) in [5.74, 6) is -1.42. The summed E-state index contributed by atoms with van der Waals surface area (Å²) in [4.78, 5) is 29.4. The monoisotopic (exact) mass is 410 g/mol. The second-order valence-corrected chi connectivity index (χ2v) is 6.51. The average molecular weight is 410 g/mol. The molecule has 0 unspecified atom stereocenters. The predicted molar refractivity (Wildman–Crippen MR) is 107 cm³/mol. The number of hydrogen-bond acceptors (Lipinski definition) is 5. The van der Waals surface area contributed by atoms with Gasteiger partial charge < -0.3 is 10.6 Å². The molecule has 0 bridgehead atoms. The van der Waals surface area contributed by atoms with Gasteiger partial charge in [0.05, 0.1) is 5.69 Å². The maximum atomic E-state index is 13.7. The molecule has 8 nitrogen and oxygen atoms in total. The third kappa shape index (κ3) is 3.88. The van der Waals surface area contributed by atoms with Crippen LogP contribution in [0.15, 0.2) is 59.4 Å². The van der Waals surface area contributed by atoms with Crippen molar-refractivity contribution in [1.82, 2.24) is 19.2 Å². The Morgan fingerprint density at radius 3 is 2.57 bits per heavy atom. The number of aromatic nitrogens is 4. The van der Waals surface area contributed by atoms with Crippen LogP contribution in [0.5, 0.6) is 0 Å². The van der Waals surface area contributed by atoms with Crippen LogP contribution >= 0.6 is 0 Å². The number of carbonyl (C=O) groups excluding carboxylic acids is 1. The number of nitrogens with zero attached hydrogens (tertiary/aromatic N) is 4. The highest BCUT2D eigenvalue weighted by atomic mass is 19.1. The Bertz CT molecular complexity index is 1300. The number of fused-ring (bicyclic) bond motifs is 1. The van der Waals surface area contributed by atoms with E-state index in [0.29, 0.717) is 11.4 Å². The first-order chi connectivity index (χ1) is 14.4. The van der Waals surface area contributed by atoms with Gasteiger partial charge in [0.2, 0.25) is 11.9 Å². The Balaban J connectivity index is 1.65. The maximum absolute atomic E-state index is 13.7. The van der Waals surface area contributed by atoms with Crippen LogP contribution in [-0.2, 0) is 11.3 Å². The van der Waals surface area contributed by atoms with Gasteiger partial charge in [0, 0.05) is 17.4 Å². The number of anilines is 3. The van der Waals surface area contributed by atoms with Gasteiger partial charge in [-0.3, -0.25) is 4.79 Å². The molecule has 10 heteroatoms. The first kappa shape index (κ1) is 19.2. The molecule has 0 saturated carbocycles.